The fourth-order valence-corrected chi connectivity index (χ4v) is 1.72. The van der Waals surface area contributed by atoms with Crippen LogP contribution in [0.5, 0.6) is 0 Å². The Balaban J connectivity index is 2.03. The van der Waals surface area contributed by atoms with E-state index in [1.54, 1.807) is 12.4 Å². The molecular weight excluding hydrogens is 240 g/mol. The molecule has 6 heteroatoms. The van der Waals surface area contributed by atoms with E-state index in [1.807, 2.05) is 18.3 Å². The molecule has 0 aliphatic carbocycles. The standard InChI is InChI=1S/C13H18N6/c1-3-19(4-2)13-17-12(10-16-18-13)15-9-11-6-5-7-14-8-11/h5-8,10H,3-4,9H2,1-2H3,(H,15,17,18). The maximum Gasteiger partial charge on any atom is 0.247 e. The first-order chi connectivity index (χ1) is 9.33. The van der Waals surface area contributed by atoms with Gasteiger partial charge in [-0.2, -0.15) is 10.1 Å². The molecule has 0 unspecified atom stereocenters. The Morgan fingerprint density at radius 1 is 1.21 bits per heavy atom. The lowest BCUT2D eigenvalue weighted by Crippen LogP contribution is -2.24. The fourth-order valence-electron chi connectivity index (χ4n) is 1.72. The van der Waals surface area contributed by atoms with E-state index in [2.05, 4.69) is 44.2 Å². The van der Waals surface area contributed by atoms with Gasteiger partial charge in [-0.25, -0.2) is 0 Å². The van der Waals surface area contributed by atoms with Gasteiger partial charge in [-0.15, -0.1) is 5.10 Å². The van der Waals surface area contributed by atoms with Gasteiger partial charge in [-0.1, -0.05) is 6.07 Å². The van der Waals surface area contributed by atoms with Crippen LogP contribution in [0, 0.1) is 0 Å². The minimum atomic E-state index is 0.654. The summed E-state index contributed by atoms with van der Waals surface area (Å²) in [5, 5.41) is 11.3. The molecule has 0 saturated carbocycles. The van der Waals surface area contributed by atoms with Gasteiger partial charge >= 0.3 is 0 Å². The van der Waals surface area contributed by atoms with Gasteiger partial charge in [0.1, 0.15) is 0 Å². The molecule has 0 radical (unpaired) electrons. The highest BCUT2D eigenvalue weighted by Crippen LogP contribution is 2.09. The maximum atomic E-state index is 4.45. The van der Waals surface area contributed by atoms with Gasteiger partial charge in [0.15, 0.2) is 5.82 Å². The first-order valence-corrected chi connectivity index (χ1v) is 6.41. The Morgan fingerprint density at radius 2 is 2.05 bits per heavy atom. The first kappa shape index (κ1) is 13.2. The van der Waals surface area contributed by atoms with Crippen molar-refractivity contribution in [1.82, 2.24) is 20.2 Å². The van der Waals surface area contributed by atoms with Crippen molar-refractivity contribution in [1.29, 1.82) is 0 Å². The van der Waals surface area contributed by atoms with Crippen molar-refractivity contribution in [2.24, 2.45) is 0 Å². The quantitative estimate of drug-likeness (QED) is 0.851. The summed E-state index contributed by atoms with van der Waals surface area (Å²) in [6.07, 6.45) is 5.21. The zero-order valence-electron chi connectivity index (χ0n) is 11.2. The molecule has 0 bridgehead atoms. The second-order valence-electron chi connectivity index (χ2n) is 4.03. The molecule has 0 aromatic carbocycles. The predicted molar refractivity (Wildman–Crippen MR) is 75.0 cm³/mol. The zero-order valence-corrected chi connectivity index (χ0v) is 11.2. The highest BCUT2D eigenvalue weighted by molar-refractivity contribution is 5.39. The number of nitrogens with zero attached hydrogens (tertiary/aromatic N) is 5. The summed E-state index contributed by atoms with van der Waals surface area (Å²) in [6.45, 7) is 6.55. The van der Waals surface area contributed by atoms with E-state index < -0.39 is 0 Å². The van der Waals surface area contributed by atoms with Crippen LogP contribution in [0.15, 0.2) is 30.7 Å². The topological polar surface area (TPSA) is 66.8 Å². The van der Waals surface area contributed by atoms with Gasteiger partial charge in [-0.05, 0) is 25.5 Å². The number of rotatable bonds is 6. The lowest BCUT2D eigenvalue weighted by Gasteiger charge is -2.18. The summed E-state index contributed by atoms with van der Waals surface area (Å²) in [5.74, 6) is 1.38. The van der Waals surface area contributed by atoms with Crippen LogP contribution >= 0.6 is 0 Å². The monoisotopic (exact) mass is 258 g/mol. The zero-order chi connectivity index (χ0) is 13.5. The lowest BCUT2D eigenvalue weighted by molar-refractivity contribution is 0.794. The third-order valence-electron chi connectivity index (χ3n) is 2.79. The van der Waals surface area contributed by atoms with E-state index in [0.717, 1.165) is 24.5 Å². The molecule has 2 aromatic rings. The number of hydrogen-bond acceptors (Lipinski definition) is 6. The van der Waals surface area contributed by atoms with Crippen LogP contribution in [0.2, 0.25) is 0 Å². The lowest BCUT2D eigenvalue weighted by atomic mass is 10.3. The summed E-state index contributed by atoms with van der Waals surface area (Å²) in [4.78, 5) is 10.6. The van der Waals surface area contributed by atoms with Crippen molar-refractivity contribution in [2.45, 2.75) is 20.4 Å². The highest BCUT2D eigenvalue weighted by Gasteiger charge is 2.06. The smallest absolute Gasteiger partial charge is 0.247 e. The first-order valence-electron chi connectivity index (χ1n) is 6.41. The second-order valence-corrected chi connectivity index (χ2v) is 4.03. The second kappa shape index (κ2) is 6.63. The summed E-state index contributed by atoms with van der Waals surface area (Å²) < 4.78 is 0. The van der Waals surface area contributed by atoms with Crippen molar-refractivity contribution < 1.29 is 0 Å². The molecule has 0 aliphatic heterocycles. The molecular formula is C13H18N6. The normalized spacial score (nSPS) is 10.2. The molecule has 2 aromatic heterocycles. The third-order valence-corrected chi connectivity index (χ3v) is 2.79. The van der Waals surface area contributed by atoms with Crippen LogP contribution in [0.4, 0.5) is 11.8 Å². The average Bonchev–Trinajstić information content (AvgIpc) is 2.48. The van der Waals surface area contributed by atoms with Gasteiger partial charge in [-0.3, -0.25) is 4.98 Å². The Morgan fingerprint density at radius 3 is 2.74 bits per heavy atom. The van der Waals surface area contributed by atoms with Gasteiger partial charge < -0.3 is 10.2 Å². The van der Waals surface area contributed by atoms with Crippen LogP contribution in [-0.2, 0) is 6.54 Å². The summed E-state index contributed by atoms with van der Waals surface area (Å²) in [7, 11) is 0. The third kappa shape index (κ3) is 3.61. The molecule has 0 fully saturated rings. The predicted octanol–water partition coefficient (Wildman–Crippen LogP) is 1.72. The van der Waals surface area contributed by atoms with E-state index in [1.165, 1.54) is 0 Å². The molecule has 6 nitrogen and oxygen atoms in total. The van der Waals surface area contributed by atoms with Crippen molar-refractivity contribution in [3.8, 4) is 0 Å². The summed E-state index contributed by atoms with van der Waals surface area (Å²) in [5.41, 5.74) is 1.10. The van der Waals surface area contributed by atoms with Crippen molar-refractivity contribution in [2.75, 3.05) is 23.3 Å². The molecule has 0 spiro atoms. The van der Waals surface area contributed by atoms with Gasteiger partial charge in [0.25, 0.3) is 0 Å². The fraction of sp³-hybridized carbons (Fsp3) is 0.385. The number of aromatic nitrogens is 4. The van der Waals surface area contributed by atoms with Gasteiger partial charge in [0, 0.05) is 32.0 Å². The van der Waals surface area contributed by atoms with Gasteiger partial charge in [0.2, 0.25) is 5.95 Å². The Labute approximate surface area is 112 Å². The van der Waals surface area contributed by atoms with E-state index in [9.17, 15) is 0 Å². The highest BCUT2D eigenvalue weighted by atomic mass is 15.3. The molecule has 1 N–H and O–H groups in total. The van der Waals surface area contributed by atoms with E-state index >= 15 is 0 Å². The molecule has 0 saturated heterocycles. The van der Waals surface area contributed by atoms with Gasteiger partial charge in [0.05, 0.1) is 6.20 Å². The van der Waals surface area contributed by atoms with Crippen LogP contribution in [-0.4, -0.2) is 33.3 Å². The van der Waals surface area contributed by atoms with E-state index in [4.69, 9.17) is 0 Å². The minimum Gasteiger partial charge on any atom is -0.364 e. The van der Waals surface area contributed by atoms with Crippen LogP contribution in [0.25, 0.3) is 0 Å². The minimum absolute atomic E-state index is 0.654. The number of hydrogen-bond donors (Lipinski definition) is 1. The molecule has 0 amide bonds. The van der Waals surface area contributed by atoms with Crippen molar-refractivity contribution in [3.63, 3.8) is 0 Å². The van der Waals surface area contributed by atoms with E-state index in [0.29, 0.717) is 12.5 Å². The number of anilines is 2. The Bertz CT molecular complexity index is 497. The molecule has 2 heterocycles. The Kier molecular flexibility index (Phi) is 4.60. The number of nitrogens with one attached hydrogen (secondary N) is 1. The Hall–Kier alpha value is -2.24. The van der Waals surface area contributed by atoms with Crippen LogP contribution in [0.1, 0.15) is 19.4 Å². The molecule has 100 valence electrons. The maximum absolute atomic E-state index is 4.45. The molecule has 19 heavy (non-hydrogen) atoms. The molecule has 0 aliphatic rings. The summed E-state index contributed by atoms with van der Waals surface area (Å²) in [6, 6.07) is 3.93. The SMILES string of the molecule is CCN(CC)c1nncc(NCc2cccnc2)n1. The van der Waals surface area contributed by atoms with Crippen LogP contribution < -0.4 is 10.2 Å². The van der Waals surface area contributed by atoms with Crippen molar-refractivity contribution in [3.05, 3.63) is 36.3 Å². The molecule has 0 atom stereocenters. The van der Waals surface area contributed by atoms with Crippen LogP contribution in [0.3, 0.4) is 0 Å². The van der Waals surface area contributed by atoms with Crippen molar-refractivity contribution >= 4 is 11.8 Å². The average molecular weight is 258 g/mol. The largest absolute Gasteiger partial charge is 0.364 e. The van der Waals surface area contributed by atoms with E-state index in [-0.39, 0.29) is 0 Å². The number of pyridine rings is 1. The summed E-state index contributed by atoms with van der Waals surface area (Å²) >= 11 is 0. The molecule has 2 rings (SSSR count).